The average Bonchev–Trinajstić information content (AvgIpc) is 3.57. The third-order valence-corrected chi connectivity index (χ3v) is 6.97. The summed E-state index contributed by atoms with van der Waals surface area (Å²) in [6.07, 6.45) is 0. The lowest BCUT2D eigenvalue weighted by atomic mass is 10.1. The highest BCUT2D eigenvalue weighted by Gasteiger charge is 2.21. The van der Waals surface area contributed by atoms with Gasteiger partial charge in [-0.25, -0.2) is 4.98 Å². The van der Waals surface area contributed by atoms with E-state index in [1.54, 1.807) is 27.4 Å². The van der Waals surface area contributed by atoms with Gasteiger partial charge in [-0.05, 0) is 55.0 Å². The van der Waals surface area contributed by atoms with Crippen LogP contribution in [0.5, 0.6) is 5.75 Å². The Labute approximate surface area is 247 Å². The number of primary amides is 1. The number of carbonyl (C=O) groups is 3. The van der Waals surface area contributed by atoms with E-state index >= 15 is 0 Å². The zero-order valence-corrected chi connectivity index (χ0v) is 24.2. The van der Waals surface area contributed by atoms with Crippen molar-refractivity contribution in [2.75, 3.05) is 32.2 Å². The molecule has 5 aromatic rings. The summed E-state index contributed by atoms with van der Waals surface area (Å²) in [5.74, 6) is -0.579. The molecule has 4 N–H and O–H groups in total. The van der Waals surface area contributed by atoms with Gasteiger partial charge in [0.1, 0.15) is 17.0 Å². The van der Waals surface area contributed by atoms with E-state index in [4.69, 9.17) is 15.2 Å². The van der Waals surface area contributed by atoms with Crippen molar-refractivity contribution in [1.82, 2.24) is 24.6 Å². The number of aromatic nitrogens is 4. The Balaban J connectivity index is 1.28. The molecule has 3 aromatic carbocycles. The molecular formula is C31H33N7O5. The fourth-order valence-electron chi connectivity index (χ4n) is 4.90. The summed E-state index contributed by atoms with van der Waals surface area (Å²) >= 11 is 0. The Hall–Kier alpha value is -5.23. The molecule has 12 heteroatoms. The number of nitrogens with one attached hydrogen (secondary N) is 2. The smallest absolute Gasteiger partial charge is 0.276 e. The van der Waals surface area contributed by atoms with Crippen LogP contribution in [-0.2, 0) is 17.8 Å². The van der Waals surface area contributed by atoms with Crippen LogP contribution in [0, 0.1) is 6.92 Å². The molecule has 0 radical (unpaired) electrons. The topological polar surface area (TPSA) is 155 Å². The van der Waals surface area contributed by atoms with Gasteiger partial charge in [-0.1, -0.05) is 30.3 Å². The van der Waals surface area contributed by atoms with E-state index in [9.17, 15) is 14.4 Å². The highest BCUT2D eigenvalue weighted by Crippen LogP contribution is 2.31. The maximum atomic E-state index is 13.2. The molecule has 222 valence electrons. The quantitative estimate of drug-likeness (QED) is 0.190. The predicted molar refractivity (Wildman–Crippen MR) is 162 cm³/mol. The van der Waals surface area contributed by atoms with Crippen LogP contribution in [0.2, 0.25) is 0 Å². The number of nitrogens with two attached hydrogens (primary N) is 1. The minimum absolute atomic E-state index is 0.184. The number of benzene rings is 3. The fourth-order valence-corrected chi connectivity index (χ4v) is 4.90. The zero-order chi connectivity index (χ0) is 30.5. The first-order valence-electron chi connectivity index (χ1n) is 13.9. The maximum absolute atomic E-state index is 13.2. The summed E-state index contributed by atoms with van der Waals surface area (Å²) in [7, 11) is 1.48. The second kappa shape index (κ2) is 12.7. The van der Waals surface area contributed by atoms with E-state index in [1.807, 2.05) is 50.2 Å². The third kappa shape index (κ3) is 6.33. The lowest BCUT2D eigenvalue weighted by Crippen LogP contribution is -2.27. The number of anilines is 1. The van der Waals surface area contributed by atoms with Crippen molar-refractivity contribution in [3.63, 3.8) is 0 Å². The first-order valence-corrected chi connectivity index (χ1v) is 13.9. The van der Waals surface area contributed by atoms with Crippen LogP contribution in [0.3, 0.4) is 0 Å². The van der Waals surface area contributed by atoms with Gasteiger partial charge < -0.3 is 25.1 Å². The number of nitrogens with zero attached hydrogens (tertiary/aromatic N) is 4. The van der Waals surface area contributed by atoms with Gasteiger partial charge in [0, 0.05) is 30.8 Å². The van der Waals surface area contributed by atoms with Crippen molar-refractivity contribution in [2.24, 2.45) is 5.73 Å². The van der Waals surface area contributed by atoms with Crippen LogP contribution in [0.4, 0.5) is 5.95 Å². The lowest BCUT2D eigenvalue weighted by Gasteiger charge is -2.13. The number of hydrogen-bond donors (Lipinski definition) is 3. The van der Waals surface area contributed by atoms with Gasteiger partial charge >= 0.3 is 0 Å². The molecule has 0 aliphatic carbocycles. The molecule has 0 saturated heterocycles. The summed E-state index contributed by atoms with van der Waals surface area (Å²) in [5.41, 5.74) is 8.41. The number of ether oxygens (including phenoxy) is 2. The summed E-state index contributed by atoms with van der Waals surface area (Å²) < 4.78 is 14.7. The van der Waals surface area contributed by atoms with Crippen LogP contribution < -0.4 is 21.1 Å². The van der Waals surface area contributed by atoms with Gasteiger partial charge in [-0.3, -0.25) is 24.4 Å². The number of amides is 3. The number of methoxy groups -OCH3 is 1. The molecule has 0 spiro atoms. The Bertz CT molecular complexity index is 1820. The Kier molecular flexibility index (Phi) is 8.67. The molecule has 0 unspecified atom stereocenters. The van der Waals surface area contributed by atoms with Crippen LogP contribution in [0.15, 0.2) is 60.7 Å². The molecule has 0 atom stereocenters. The summed E-state index contributed by atoms with van der Waals surface area (Å²) in [6, 6.07) is 18.2. The van der Waals surface area contributed by atoms with Gasteiger partial charge in [-0.15, -0.1) is 0 Å². The first kappa shape index (κ1) is 29.3. The molecular weight excluding hydrogens is 550 g/mol. The number of hydrogen-bond acceptors (Lipinski definition) is 7. The normalized spacial score (nSPS) is 11.1. The van der Waals surface area contributed by atoms with E-state index in [1.165, 1.54) is 13.2 Å². The van der Waals surface area contributed by atoms with E-state index in [2.05, 4.69) is 20.7 Å². The molecule has 12 nitrogen and oxygen atoms in total. The minimum atomic E-state index is -0.628. The summed E-state index contributed by atoms with van der Waals surface area (Å²) in [5, 5.41) is 12.2. The standard InChI is InChI=1S/C31H33N7O5/c1-4-38-25(15-19(2)36-38)30(41)35-31-34-24-17-23(28(32)39)18-26(42-3)27(24)37(31)12-14-43-13-11-33-29(40)22-10-9-20-7-5-6-8-21(20)16-22/h5-10,15-18H,4,11-14H2,1-3H3,(H2,32,39)(H,33,40)(H,34,35,41). The monoisotopic (exact) mass is 583 g/mol. The molecule has 0 saturated carbocycles. The highest BCUT2D eigenvalue weighted by atomic mass is 16.5. The summed E-state index contributed by atoms with van der Waals surface area (Å²) in [4.78, 5) is 42.4. The molecule has 43 heavy (non-hydrogen) atoms. The SMILES string of the molecule is CCn1nc(C)cc1C(=O)Nc1nc2cc(C(N)=O)cc(OC)c2n1CCOCCNC(=O)c1ccc2ccccc2c1. The first-order chi connectivity index (χ1) is 20.8. The molecule has 0 aliphatic rings. The Morgan fingerprint density at radius 2 is 1.74 bits per heavy atom. The van der Waals surface area contributed by atoms with Gasteiger partial charge in [0.2, 0.25) is 11.9 Å². The van der Waals surface area contributed by atoms with E-state index < -0.39 is 5.91 Å². The molecule has 0 fully saturated rings. The van der Waals surface area contributed by atoms with Crippen LogP contribution in [0.1, 0.15) is 43.8 Å². The Morgan fingerprint density at radius 3 is 2.49 bits per heavy atom. The van der Waals surface area contributed by atoms with E-state index in [0.717, 1.165) is 16.5 Å². The van der Waals surface area contributed by atoms with Gasteiger partial charge in [0.25, 0.3) is 11.8 Å². The zero-order valence-electron chi connectivity index (χ0n) is 24.2. The second-order valence-corrected chi connectivity index (χ2v) is 9.87. The lowest BCUT2D eigenvalue weighted by molar-refractivity contribution is 0.0909. The van der Waals surface area contributed by atoms with Gasteiger partial charge in [0.15, 0.2) is 0 Å². The molecule has 0 aliphatic heterocycles. The molecule has 2 aromatic heterocycles. The van der Waals surface area contributed by atoms with Crippen LogP contribution in [0.25, 0.3) is 21.8 Å². The van der Waals surface area contributed by atoms with E-state index in [0.29, 0.717) is 47.7 Å². The van der Waals surface area contributed by atoms with Crippen molar-refractivity contribution in [1.29, 1.82) is 0 Å². The van der Waals surface area contributed by atoms with Crippen LogP contribution >= 0.6 is 0 Å². The predicted octanol–water partition coefficient (Wildman–Crippen LogP) is 3.52. The Morgan fingerprint density at radius 1 is 0.953 bits per heavy atom. The number of carbonyl (C=O) groups excluding carboxylic acids is 3. The minimum Gasteiger partial charge on any atom is -0.494 e. The van der Waals surface area contributed by atoms with E-state index in [-0.39, 0.29) is 36.5 Å². The number of imidazole rings is 1. The number of fused-ring (bicyclic) bond motifs is 2. The molecule has 5 rings (SSSR count). The van der Waals surface area contributed by atoms with Gasteiger partial charge in [-0.2, -0.15) is 5.10 Å². The van der Waals surface area contributed by atoms with Crippen molar-refractivity contribution in [3.05, 3.63) is 83.2 Å². The average molecular weight is 584 g/mol. The largest absolute Gasteiger partial charge is 0.494 e. The van der Waals surface area contributed by atoms with Crippen molar-refractivity contribution in [2.45, 2.75) is 26.9 Å². The maximum Gasteiger partial charge on any atom is 0.276 e. The van der Waals surface area contributed by atoms with Gasteiger partial charge in [0.05, 0.1) is 31.5 Å². The molecule has 3 amide bonds. The molecule has 2 heterocycles. The number of aryl methyl sites for hydroxylation is 2. The highest BCUT2D eigenvalue weighted by molar-refractivity contribution is 6.04. The van der Waals surface area contributed by atoms with Crippen molar-refractivity contribution >= 4 is 45.5 Å². The van der Waals surface area contributed by atoms with Crippen LogP contribution in [-0.4, -0.2) is 63.9 Å². The second-order valence-electron chi connectivity index (χ2n) is 9.87. The van der Waals surface area contributed by atoms with Crippen molar-refractivity contribution in [3.8, 4) is 5.75 Å². The third-order valence-electron chi connectivity index (χ3n) is 6.97. The summed E-state index contributed by atoms with van der Waals surface area (Å²) in [6.45, 7) is 5.35. The fraction of sp³-hybridized carbons (Fsp3) is 0.258. The number of rotatable bonds is 12. The molecule has 0 bridgehead atoms. The van der Waals surface area contributed by atoms with Crippen molar-refractivity contribution < 1.29 is 23.9 Å².